The number of alkyl halides is 6. The standard InChI is InChI=1S/C21H20F6N2O/c1-19(2,3)11-29-15-9-8-12(10-16(15)28(4)18(29)30)17-13(20(22,23)24)6-5-7-14(17)21(25,26)27/h5-10H,11H2,1-4H3. The smallest absolute Gasteiger partial charge is 0.295 e. The Morgan fingerprint density at radius 1 is 0.833 bits per heavy atom. The number of imidazole rings is 1. The van der Waals surface area contributed by atoms with Gasteiger partial charge in [-0.1, -0.05) is 32.9 Å². The molecule has 2 aromatic carbocycles. The fraction of sp³-hybridized carbons (Fsp3) is 0.381. The molecular formula is C21H20F6N2O. The van der Waals surface area contributed by atoms with Gasteiger partial charge in [-0.15, -0.1) is 0 Å². The topological polar surface area (TPSA) is 26.9 Å². The summed E-state index contributed by atoms with van der Waals surface area (Å²) in [4.78, 5) is 12.6. The first-order valence-electron chi connectivity index (χ1n) is 9.08. The van der Waals surface area contributed by atoms with Gasteiger partial charge in [0.05, 0.1) is 22.2 Å². The molecule has 0 radical (unpaired) electrons. The molecule has 0 aliphatic rings. The van der Waals surface area contributed by atoms with Gasteiger partial charge >= 0.3 is 18.0 Å². The van der Waals surface area contributed by atoms with Crippen molar-refractivity contribution >= 4 is 11.0 Å². The van der Waals surface area contributed by atoms with Crippen molar-refractivity contribution in [1.29, 1.82) is 0 Å². The average molecular weight is 430 g/mol. The molecule has 0 atom stereocenters. The SMILES string of the molecule is Cn1c(=O)n(CC(C)(C)C)c2ccc(-c3c(C(F)(F)F)cccc3C(F)(F)F)cc21. The predicted molar refractivity (Wildman–Crippen MR) is 102 cm³/mol. The van der Waals surface area contributed by atoms with Gasteiger partial charge in [0.15, 0.2) is 0 Å². The summed E-state index contributed by atoms with van der Waals surface area (Å²) in [6.45, 7) is 6.10. The van der Waals surface area contributed by atoms with Gasteiger partial charge in [0.25, 0.3) is 0 Å². The molecule has 0 N–H and O–H groups in total. The second kappa shape index (κ2) is 6.92. The largest absolute Gasteiger partial charge is 0.417 e. The third-order valence-corrected chi connectivity index (χ3v) is 4.74. The Labute approximate surface area is 168 Å². The average Bonchev–Trinajstić information content (AvgIpc) is 2.83. The molecule has 0 unspecified atom stereocenters. The minimum atomic E-state index is -4.98. The predicted octanol–water partition coefficient (Wildman–Crippen LogP) is 6.09. The highest BCUT2D eigenvalue weighted by molar-refractivity contribution is 5.85. The highest BCUT2D eigenvalue weighted by atomic mass is 19.4. The third-order valence-electron chi connectivity index (χ3n) is 4.74. The number of aryl methyl sites for hydroxylation is 1. The van der Waals surface area contributed by atoms with Crippen LogP contribution in [-0.4, -0.2) is 9.13 Å². The fourth-order valence-electron chi connectivity index (χ4n) is 3.53. The molecule has 3 nitrogen and oxygen atoms in total. The van der Waals surface area contributed by atoms with Crippen molar-refractivity contribution < 1.29 is 26.3 Å². The fourth-order valence-corrected chi connectivity index (χ4v) is 3.53. The number of rotatable bonds is 2. The summed E-state index contributed by atoms with van der Waals surface area (Å²) in [5.74, 6) is 0. The Balaban J connectivity index is 2.34. The van der Waals surface area contributed by atoms with Crippen molar-refractivity contribution in [3.8, 4) is 11.1 Å². The van der Waals surface area contributed by atoms with E-state index in [0.717, 1.165) is 6.07 Å². The molecule has 0 saturated heterocycles. The summed E-state index contributed by atoms with van der Waals surface area (Å²) in [5.41, 5.74) is -3.92. The van der Waals surface area contributed by atoms with Gasteiger partial charge < -0.3 is 0 Å². The number of halogens is 6. The summed E-state index contributed by atoms with van der Waals surface area (Å²) in [6.07, 6.45) is -9.95. The van der Waals surface area contributed by atoms with E-state index in [1.165, 1.54) is 34.4 Å². The first kappa shape index (κ1) is 22.0. The maximum Gasteiger partial charge on any atom is 0.417 e. The summed E-state index contributed by atoms with van der Waals surface area (Å²) in [6, 6.07) is 5.78. The van der Waals surface area contributed by atoms with E-state index in [4.69, 9.17) is 0 Å². The van der Waals surface area contributed by atoms with E-state index in [9.17, 15) is 31.1 Å². The lowest BCUT2D eigenvalue weighted by Gasteiger charge is -2.20. The Morgan fingerprint density at radius 2 is 1.37 bits per heavy atom. The van der Waals surface area contributed by atoms with Crippen LogP contribution in [0.3, 0.4) is 0 Å². The van der Waals surface area contributed by atoms with Gasteiger partial charge in [-0.05, 0) is 35.2 Å². The van der Waals surface area contributed by atoms with Crippen LogP contribution in [0.25, 0.3) is 22.2 Å². The van der Waals surface area contributed by atoms with Crippen molar-refractivity contribution in [2.45, 2.75) is 39.7 Å². The maximum absolute atomic E-state index is 13.5. The first-order chi connectivity index (χ1) is 13.6. The van der Waals surface area contributed by atoms with E-state index in [1.54, 1.807) is 0 Å². The minimum Gasteiger partial charge on any atom is -0.295 e. The van der Waals surface area contributed by atoms with Gasteiger partial charge in [-0.25, -0.2) is 4.79 Å². The molecule has 0 amide bonds. The zero-order chi connectivity index (χ0) is 22.6. The Hall–Kier alpha value is -2.71. The van der Waals surface area contributed by atoms with E-state index in [0.29, 0.717) is 24.2 Å². The van der Waals surface area contributed by atoms with Crippen LogP contribution in [0.4, 0.5) is 26.3 Å². The summed E-state index contributed by atoms with van der Waals surface area (Å²) in [7, 11) is 1.44. The summed E-state index contributed by atoms with van der Waals surface area (Å²) >= 11 is 0. The van der Waals surface area contributed by atoms with Crippen molar-refractivity contribution in [3.05, 3.63) is 58.0 Å². The van der Waals surface area contributed by atoms with Crippen LogP contribution >= 0.6 is 0 Å². The molecule has 0 bridgehead atoms. The zero-order valence-corrected chi connectivity index (χ0v) is 16.7. The van der Waals surface area contributed by atoms with E-state index in [2.05, 4.69) is 0 Å². The third kappa shape index (κ3) is 3.97. The zero-order valence-electron chi connectivity index (χ0n) is 16.7. The summed E-state index contributed by atoms with van der Waals surface area (Å²) < 4.78 is 83.8. The second-order valence-electron chi connectivity index (χ2n) is 8.42. The number of aromatic nitrogens is 2. The molecule has 0 aliphatic heterocycles. The number of hydrogen-bond acceptors (Lipinski definition) is 1. The maximum atomic E-state index is 13.5. The normalized spacial score (nSPS) is 13.3. The molecule has 3 rings (SSSR count). The van der Waals surface area contributed by atoms with Gasteiger partial charge in [0, 0.05) is 19.2 Å². The van der Waals surface area contributed by atoms with Crippen molar-refractivity contribution in [3.63, 3.8) is 0 Å². The lowest BCUT2D eigenvalue weighted by molar-refractivity contribution is -0.142. The molecular weight excluding hydrogens is 410 g/mol. The molecule has 162 valence electrons. The molecule has 0 aliphatic carbocycles. The van der Waals surface area contributed by atoms with Gasteiger partial charge in [0.1, 0.15) is 0 Å². The molecule has 0 saturated carbocycles. The first-order valence-corrected chi connectivity index (χ1v) is 9.08. The van der Waals surface area contributed by atoms with Crippen LogP contribution in [0, 0.1) is 5.41 Å². The van der Waals surface area contributed by atoms with E-state index in [-0.39, 0.29) is 16.5 Å². The second-order valence-corrected chi connectivity index (χ2v) is 8.42. The van der Waals surface area contributed by atoms with Crippen LogP contribution < -0.4 is 5.69 Å². The molecule has 3 aromatic rings. The van der Waals surface area contributed by atoms with E-state index < -0.39 is 34.7 Å². The van der Waals surface area contributed by atoms with Crippen molar-refractivity contribution in [1.82, 2.24) is 9.13 Å². The minimum absolute atomic E-state index is 0.256. The monoisotopic (exact) mass is 430 g/mol. The number of benzene rings is 2. The van der Waals surface area contributed by atoms with Crippen LogP contribution in [0.2, 0.25) is 0 Å². The molecule has 1 aromatic heterocycles. The van der Waals surface area contributed by atoms with Crippen LogP contribution in [0.15, 0.2) is 41.2 Å². The van der Waals surface area contributed by atoms with Crippen molar-refractivity contribution in [2.75, 3.05) is 0 Å². The quantitative estimate of drug-likeness (QED) is 0.452. The highest BCUT2D eigenvalue weighted by Gasteiger charge is 2.41. The van der Waals surface area contributed by atoms with Gasteiger partial charge in [0.2, 0.25) is 0 Å². The molecule has 0 fully saturated rings. The number of hydrogen-bond donors (Lipinski definition) is 0. The van der Waals surface area contributed by atoms with Crippen LogP contribution in [0.1, 0.15) is 31.9 Å². The number of nitrogens with zero attached hydrogens (tertiary/aromatic N) is 2. The van der Waals surface area contributed by atoms with Crippen molar-refractivity contribution in [2.24, 2.45) is 12.5 Å². The highest BCUT2D eigenvalue weighted by Crippen LogP contribution is 2.44. The molecule has 9 heteroatoms. The molecule has 1 heterocycles. The number of fused-ring (bicyclic) bond motifs is 1. The lowest BCUT2D eigenvalue weighted by Crippen LogP contribution is -2.27. The molecule has 0 spiro atoms. The van der Waals surface area contributed by atoms with E-state index in [1.807, 2.05) is 20.8 Å². The molecule has 30 heavy (non-hydrogen) atoms. The Morgan fingerprint density at radius 3 is 1.83 bits per heavy atom. The Kier molecular flexibility index (Phi) is 5.07. The van der Waals surface area contributed by atoms with Gasteiger partial charge in [-0.2, -0.15) is 26.3 Å². The van der Waals surface area contributed by atoms with E-state index >= 15 is 0 Å². The van der Waals surface area contributed by atoms with Gasteiger partial charge in [-0.3, -0.25) is 9.13 Å². The van der Waals surface area contributed by atoms with Crippen LogP contribution in [-0.2, 0) is 25.9 Å². The lowest BCUT2D eigenvalue weighted by atomic mass is 9.93. The summed E-state index contributed by atoms with van der Waals surface area (Å²) in [5, 5.41) is 0. The van der Waals surface area contributed by atoms with Crippen LogP contribution in [0.5, 0.6) is 0 Å². The Bertz CT molecular complexity index is 1130.